The van der Waals surface area contributed by atoms with Crippen LogP contribution >= 0.6 is 23.2 Å². The zero-order valence-corrected chi connectivity index (χ0v) is 29.8. The highest BCUT2D eigenvalue weighted by Gasteiger charge is 2.59. The molecule has 3 nitrogen and oxygen atoms in total. The first-order valence-corrected chi connectivity index (χ1v) is 19.0. The van der Waals surface area contributed by atoms with E-state index in [-0.39, 0.29) is 17.5 Å². The molecule has 4 aliphatic rings. The third-order valence-corrected chi connectivity index (χ3v) is 13.3. The van der Waals surface area contributed by atoms with E-state index in [1.165, 1.54) is 51.4 Å². The number of halogens is 2. The Morgan fingerprint density at radius 2 is 1.68 bits per heavy atom. The minimum Gasteiger partial charge on any atom is -0.462 e. The number of fused-ring (bicyclic) bond motifs is 5. The molecule has 5 heteroatoms. The summed E-state index contributed by atoms with van der Waals surface area (Å²) in [5.74, 6) is 6.10. The summed E-state index contributed by atoms with van der Waals surface area (Å²) in [7, 11) is 0. The first-order chi connectivity index (χ1) is 21.1. The summed E-state index contributed by atoms with van der Waals surface area (Å²) in [5, 5.41) is 0. The maximum Gasteiger partial charge on any atom is 0.310 e. The van der Waals surface area contributed by atoms with E-state index in [1.807, 2.05) is 12.1 Å². The predicted molar refractivity (Wildman–Crippen MR) is 187 cm³/mol. The highest BCUT2D eigenvalue weighted by Crippen LogP contribution is 2.67. The lowest BCUT2D eigenvalue weighted by molar-refractivity contribution is -0.150. The van der Waals surface area contributed by atoms with Crippen molar-refractivity contribution in [2.45, 2.75) is 118 Å². The van der Waals surface area contributed by atoms with Crippen molar-refractivity contribution in [2.24, 2.45) is 46.3 Å². The third kappa shape index (κ3) is 7.20. The molecule has 0 saturated heterocycles. The van der Waals surface area contributed by atoms with Gasteiger partial charge in [0, 0.05) is 37.0 Å². The molecule has 0 spiro atoms. The molecule has 1 aromatic carbocycles. The fourth-order valence-corrected chi connectivity index (χ4v) is 11.0. The highest BCUT2D eigenvalue weighted by molar-refractivity contribution is 6.18. The van der Waals surface area contributed by atoms with Gasteiger partial charge in [0.25, 0.3) is 0 Å². The average Bonchev–Trinajstić information content (AvgIpc) is 3.35. The second-order valence-electron chi connectivity index (χ2n) is 15.9. The Labute approximate surface area is 278 Å². The number of allylic oxidation sites excluding steroid dienone is 1. The molecule has 0 N–H and O–H groups in total. The van der Waals surface area contributed by atoms with Gasteiger partial charge in [-0.25, -0.2) is 0 Å². The van der Waals surface area contributed by atoms with Gasteiger partial charge >= 0.3 is 5.97 Å². The van der Waals surface area contributed by atoms with Gasteiger partial charge in [-0.05, 0) is 109 Å². The molecule has 4 aliphatic carbocycles. The smallest absolute Gasteiger partial charge is 0.310 e. The van der Waals surface area contributed by atoms with Crippen molar-refractivity contribution in [3.8, 4) is 0 Å². The number of anilines is 1. The topological polar surface area (TPSA) is 29.5 Å². The maximum absolute atomic E-state index is 13.0. The van der Waals surface area contributed by atoms with E-state index in [0.29, 0.717) is 23.6 Å². The number of nitrogens with zero attached hydrogens (tertiary/aromatic N) is 1. The molecule has 0 bridgehead atoms. The molecule has 0 amide bonds. The van der Waals surface area contributed by atoms with Crippen LogP contribution in [0.25, 0.3) is 0 Å². The molecule has 3 fully saturated rings. The highest BCUT2D eigenvalue weighted by atomic mass is 35.5. The van der Waals surface area contributed by atoms with Crippen LogP contribution in [0.15, 0.2) is 35.9 Å². The quantitative estimate of drug-likeness (QED) is 0.122. The number of carbonyl (C=O) groups excluding carboxylic acids is 1. The number of benzene rings is 1. The second-order valence-corrected chi connectivity index (χ2v) is 16.6. The van der Waals surface area contributed by atoms with Crippen molar-refractivity contribution < 1.29 is 9.53 Å². The number of alkyl halides is 2. The van der Waals surface area contributed by atoms with Gasteiger partial charge in [0.2, 0.25) is 0 Å². The van der Waals surface area contributed by atoms with E-state index in [0.717, 1.165) is 79.1 Å². The van der Waals surface area contributed by atoms with Crippen molar-refractivity contribution >= 4 is 34.9 Å². The lowest BCUT2D eigenvalue weighted by Crippen LogP contribution is -2.51. The summed E-state index contributed by atoms with van der Waals surface area (Å²) in [4.78, 5) is 15.2. The van der Waals surface area contributed by atoms with Crippen LogP contribution in [-0.2, 0) is 16.0 Å². The molecular formula is C39H59Cl2NO2. The van der Waals surface area contributed by atoms with Crippen molar-refractivity contribution in [3.05, 3.63) is 41.5 Å². The second kappa shape index (κ2) is 14.7. The molecular weight excluding hydrogens is 585 g/mol. The lowest BCUT2D eigenvalue weighted by atomic mass is 9.47. The van der Waals surface area contributed by atoms with E-state index in [1.54, 1.807) is 5.57 Å². The SMILES string of the molecule is CC(C)CCCC(C)C1CC[C@H]2[C@@H]3CC=C4C[C@@H](OC(=O)Cc5ccc(N(CCCl)CCCl)cc5)CC[C@]4(C)[C@H]3CC[C@]12C. The molecule has 3 saturated carbocycles. The molecule has 1 aromatic rings. The third-order valence-electron chi connectivity index (χ3n) is 12.9. The first kappa shape index (κ1) is 34.2. The van der Waals surface area contributed by atoms with Gasteiger partial charge in [-0.3, -0.25) is 4.79 Å². The molecule has 8 atom stereocenters. The van der Waals surface area contributed by atoms with Gasteiger partial charge in [-0.15, -0.1) is 23.2 Å². The van der Waals surface area contributed by atoms with Crippen molar-refractivity contribution in [1.82, 2.24) is 0 Å². The van der Waals surface area contributed by atoms with Crippen LogP contribution in [0.2, 0.25) is 0 Å². The van der Waals surface area contributed by atoms with E-state index in [2.05, 4.69) is 57.7 Å². The van der Waals surface area contributed by atoms with Gasteiger partial charge in [0.05, 0.1) is 6.42 Å². The largest absolute Gasteiger partial charge is 0.462 e. The number of ether oxygens (including phenoxy) is 1. The summed E-state index contributed by atoms with van der Waals surface area (Å²) in [5.41, 5.74) is 4.47. The fraction of sp³-hybridized carbons (Fsp3) is 0.769. The van der Waals surface area contributed by atoms with Crippen LogP contribution in [0.1, 0.15) is 111 Å². The van der Waals surface area contributed by atoms with Crippen LogP contribution in [0.5, 0.6) is 0 Å². The average molecular weight is 645 g/mol. The monoisotopic (exact) mass is 643 g/mol. The summed E-state index contributed by atoms with van der Waals surface area (Å²) < 4.78 is 6.13. The number of hydrogen-bond acceptors (Lipinski definition) is 3. The van der Waals surface area contributed by atoms with Crippen LogP contribution < -0.4 is 4.90 Å². The predicted octanol–water partition coefficient (Wildman–Crippen LogP) is 10.5. The Hall–Kier alpha value is -1.19. The number of esters is 1. The normalized spacial score (nSPS) is 33.6. The zero-order chi connectivity index (χ0) is 31.5. The van der Waals surface area contributed by atoms with E-state index in [9.17, 15) is 4.79 Å². The van der Waals surface area contributed by atoms with Crippen molar-refractivity contribution in [2.75, 3.05) is 29.7 Å². The Bertz CT molecular complexity index is 1130. The Kier molecular flexibility index (Phi) is 11.4. The summed E-state index contributed by atoms with van der Waals surface area (Å²) in [6, 6.07) is 8.19. The molecule has 5 rings (SSSR count). The van der Waals surface area contributed by atoms with Gasteiger partial charge < -0.3 is 9.64 Å². The van der Waals surface area contributed by atoms with Crippen LogP contribution in [0.3, 0.4) is 0 Å². The standard InChI is InChI=1S/C39H59Cl2NO2/c1-27(2)7-6-8-28(3)34-15-16-35-33-14-11-30-26-32(17-19-38(30,4)36(33)18-20-39(34,35)5)44-37(43)25-29-9-12-31(13-10-29)42(23-21-40)24-22-41/h9-13,27-28,32-36H,6-8,14-26H2,1-5H3/t28?,32-,33-,34?,35-,36-,38-,39+/m0/s1. The number of rotatable bonds is 13. The van der Waals surface area contributed by atoms with E-state index >= 15 is 0 Å². The van der Waals surface area contributed by atoms with Gasteiger partial charge in [-0.1, -0.05) is 77.7 Å². The first-order valence-electron chi connectivity index (χ1n) is 17.9. The van der Waals surface area contributed by atoms with Crippen molar-refractivity contribution in [3.63, 3.8) is 0 Å². The maximum atomic E-state index is 13.0. The van der Waals surface area contributed by atoms with Crippen LogP contribution in [0, 0.1) is 46.3 Å². The lowest BCUT2D eigenvalue weighted by Gasteiger charge is -2.58. The summed E-state index contributed by atoms with van der Waals surface area (Å²) in [6.07, 6.45) is 17.1. The van der Waals surface area contributed by atoms with Crippen LogP contribution in [-0.4, -0.2) is 36.9 Å². The molecule has 2 unspecified atom stereocenters. The Morgan fingerprint density at radius 3 is 2.36 bits per heavy atom. The van der Waals surface area contributed by atoms with E-state index < -0.39 is 0 Å². The van der Waals surface area contributed by atoms with E-state index in [4.69, 9.17) is 27.9 Å². The molecule has 44 heavy (non-hydrogen) atoms. The van der Waals surface area contributed by atoms with Crippen molar-refractivity contribution in [1.29, 1.82) is 0 Å². The molecule has 0 aromatic heterocycles. The number of carbonyl (C=O) groups is 1. The fourth-order valence-electron chi connectivity index (χ4n) is 10.5. The van der Waals surface area contributed by atoms with Crippen LogP contribution in [0.4, 0.5) is 5.69 Å². The van der Waals surface area contributed by atoms with Gasteiger partial charge in [0.1, 0.15) is 6.10 Å². The molecule has 0 heterocycles. The minimum atomic E-state index is -0.105. The minimum absolute atomic E-state index is 0.0111. The Morgan fingerprint density at radius 1 is 0.955 bits per heavy atom. The Balaban J connectivity index is 1.17. The van der Waals surface area contributed by atoms with Gasteiger partial charge in [0.15, 0.2) is 0 Å². The summed E-state index contributed by atoms with van der Waals surface area (Å²) in [6.45, 7) is 14.1. The number of hydrogen-bond donors (Lipinski definition) is 0. The molecule has 0 radical (unpaired) electrons. The molecule has 246 valence electrons. The summed E-state index contributed by atoms with van der Waals surface area (Å²) >= 11 is 11.9. The molecule has 0 aliphatic heterocycles. The zero-order valence-electron chi connectivity index (χ0n) is 28.3. The van der Waals surface area contributed by atoms with Gasteiger partial charge in [-0.2, -0.15) is 0 Å².